The van der Waals surface area contributed by atoms with Crippen LogP contribution in [-0.2, 0) is 9.59 Å². The highest BCUT2D eigenvalue weighted by Crippen LogP contribution is 2.07. The van der Waals surface area contributed by atoms with Gasteiger partial charge < -0.3 is 10.6 Å². The third-order valence-corrected chi connectivity index (χ3v) is 3.01. The molecule has 84 valence electrons. The van der Waals surface area contributed by atoms with Gasteiger partial charge in [0.1, 0.15) is 0 Å². The average Bonchev–Trinajstić information content (AvgIpc) is 2.69. The Labute approximate surface area is 89.0 Å². The molecule has 2 fully saturated rings. The van der Waals surface area contributed by atoms with Crippen molar-refractivity contribution in [3.8, 4) is 0 Å². The van der Waals surface area contributed by atoms with E-state index < -0.39 is 0 Å². The first-order valence-electron chi connectivity index (χ1n) is 5.56. The number of carbonyl (C=O) groups excluding carboxylic acids is 2. The average molecular weight is 211 g/mol. The molecule has 0 spiro atoms. The van der Waals surface area contributed by atoms with Gasteiger partial charge in [0.15, 0.2) is 0 Å². The summed E-state index contributed by atoms with van der Waals surface area (Å²) in [5.74, 6) is -0.332. The Morgan fingerprint density at radius 3 is 2.87 bits per heavy atom. The lowest BCUT2D eigenvalue weighted by molar-refractivity contribution is -0.134. The number of nitrogens with one attached hydrogen (secondary N) is 3. The molecule has 0 aromatic rings. The largest absolute Gasteiger partial charge is 0.313 e. The Bertz CT molecular complexity index is 261. The number of piperidine rings is 1. The van der Waals surface area contributed by atoms with Crippen molar-refractivity contribution in [3.63, 3.8) is 0 Å². The summed E-state index contributed by atoms with van der Waals surface area (Å²) in [6.07, 6.45) is 3.45. The summed E-state index contributed by atoms with van der Waals surface area (Å²) >= 11 is 0. The molecule has 2 aliphatic heterocycles. The van der Waals surface area contributed by atoms with E-state index >= 15 is 0 Å². The van der Waals surface area contributed by atoms with E-state index in [9.17, 15) is 9.59 Å². The Balaban J connectivity index is 1.74. The molecule has 2 unspecified atom stereocenters. The van der Waals surface area contributed by atoms with E-state index in [0.717, 1.165) is 13.1 Å². The second kappa shape index (κ2) is 4.72. The van der Waals surface area contributed by atoms with Crippen LogP contribution in [0.4, 0.5) is 0 Å². The highest BCUT2D eigenvalue weighted by atomic mass is 16.2. The Kier molecular flexibility index (Phi) is 3.33. The van der Waals surface area contributed by atoms with Crippen molar-refractivity contribution in [2.45, 2.75) is 37.8 Å². The van der Waals surface area contributed by atoms with E-state index in [1.54, 1.807) is 0 Å². The molecule has 5 heteroatoms. The maximum absolute atomic E-state index is 11.4. The molecule has 5 nitrogen and oxygen atoms in total. The topological polar surface area (TPSA) is 70.2 Å². The molecule has 0 aliphatic carbocycles. The van der Waals surface area contributed by atoms with Gasteiger partial charge in [0.05, 0.1) is 6.04 Å². The molecule has 2 rings (SSSR count). The van der Waals surface area contributed by atoms with Crippen molar-refractivity contribution in [1.29, 1.82) is 0 Å². The summed E-state index contributed by atoms with van der Waals surface area (Å²) in [5.41, 5.74) is 0. The van der Waals surface area contributed by atoms with E-state index in [-0.39, 0.29) is 17.9 Å². The number of amides is 2. The number of imide groups is 1. The standard InChI is InChI=1S/C10H17N3O2/c14-9-4-3-8(10(15)13-9)12-6-7-2-1-5-11-7/h7-8,11-12H,1-6H2,(H,13,14,15). The molecular weight excluding hydrogens is 194 g/mol. The van der Waals surface area contributed by atoms with Gasteiger partial charge in [0, 0.05) is 19.0 Å². The molecule has 0 saturated carbocycles. The maximum atomic E-state index is 11.4. The van der Waals surface area contributed by atoms with Gasteiger partial charge in [-0.2, -0.15) is 0 Å². The number of carbonyl (C=O) groups is 2. The van der Waals surface area contributed by atoms with Crippen LogP contribution in [0.15, 0.2) is 0 Å². The molecule has 2 atom stereocenters. The highest BCUT2D eigenvalue weighted by Gasteiger charge is 2.26. The van der Waals surface area contributed by atoms with Crippen LogP contribution >= 0.6 is 0 Å². The SMILES string of the molecule is O=C1CCC(NCC2CCCN2)C(=O)N1. The summed E-state index contributed by atoms with van der Waals surface area (Å²) in [5, 5.41) is 8.91. The second-order valence-electron chi connectivity index (χ2n) is 4.21. The van der Waals surface area contributed by atoms with Crippen LogP contribution in [0.5, 0.6) is 0 Å². The van der Waals surface area contributed by atoms with Crippen LogP contribution in [0, 0.1) is 0 Å². The minimum absolute atomic E-state index is 0.156. The van der Waals surface area contributed by atoms with Gasteiger partial charge >= 0.3 is 0 Å². The fourth-order valence-electron chi connectivity index (χ4n) is 2.10. The first-order chi connectivity index (χ1) is 7.25. The van der Waals surface area contributed by atoms with Gasteiger partial charge in [-0.3, -0.25) is 14.9 Å². The second-order valence-corrected chi connectivity index (χ2v) is 4.21. The fourth-order valence-corrected chi connectivity index (χ4v) is 2.10. The summed E-state index contributed by atoms with van der Waals surface area (Å²) in [7, 11) is 0. The van der Waals surface area contributed by atoms with Crippen molar-refractivity contribution >= 4 is 11.8 Å². The molecule has 0 aromatic carbocycles. The predicted molar refractivity (Wildman–Crippen MR) is 55.2 cm³/mol. The van der Waals surface area contributed by atoms with E-state index in [1.165, 1.54) is 12.8 Å². The van der Waals surface area contributed by atoms with Gasteiger partial charge in [-0.05, 0) is 25.8 Å². The van der Waals surface area contributed by atoms with E-state index in [4.69, 9.17) is 0 Å². The minimum atomic E-state index is -0.190. The van der Waals surface area contributed by atoms with Gasteiger partial charge in [-0.1, -0.05) is 0 Å². The lowest BCUT2D eigenvalue weighted by Crippen LogP contribution is -2.52. The molecule has 0 aromatic heterocycles. The summed E-state index contributed by atoms with van der Waals surface area (Å²) in [6, 6.07) is 0.292. The van der Waals surface area contributed by atoms with Crippen molar-refractivity contribution in [2.24, 2.45) is 0 Å². The van der Waals surface area contributed by atoms with Gasteiger partial charge in [-0.15, -0.1) is 0 Å². The third-order valence-electron chi connectivity index (χ3n) is 3.01. The van der Waals surface area contributed by atoms with Crippen molar-refractivity contribution in [1.82, 2.24) is 16.0 Å². The maximum Gasteiger partial charge on any atom is 0.243 e. The number of hydrogen-bond acceptors (Lipinski definition) is 4. The Hall–Kier alpha value is -0.940. The van der Waals surface area contributed by atoms with Crippen LogP contribution in [-0.4, -0.2) is 37.0 Å². The Morgan fingerprint density at radius 2 is 2.20 bits per heavy atom. The predicted octanol–water partition coefficient (Wildman–Crippen LogP) is -0.867. The molecule has 0 radical (unpaired) electrons. The van der Waals surface area contributed by atoms with Crippen molar-refractivity contribution < 1.29 is 9.59 Å². The highest BCUT2D eigenvalue weighted by molar-refractivity contribution is 6.00. The quantitative estimate of drug-likeness (QED) is 0.531. The van der Waals surface area contributed by atoms with Crippen LogP contribution in [0.3, 0.4) is 0 Å². The monoisotopic (exact) mass is 211 g/mol. The molecule has 3 N–H and O–H groups in total. The molecule has 15 heavy (non-hydrogen) atoms. The number of hydrogen-bond donors (Lipinski definition) is 3. The molecular formula is C10H17N3O2. The molecule has 2 saturated heterocycles. The first-order valence-corrected chi connectivity index (χ1v) is 5.56. The summed E-state index contributed by atoms with van der Waals surface area (Å²) in [6.45, 7) is 1.88. The first kappa shape index (κ1) is 10.6. The van der Waals surface area contributed by atoms with Crippen LogP contribution in [0.1, 0.15) is 25.7 Å². The van der Waals surface area contributed by atoms with Crippen molar-refractivity contribution in [3.05, 3.63) is 0 Å². The van der Waals surface area contributed by atoms with E-state index in [2.05, 4.69) is 16.0 Å². The van der Waals surface area contributed by atoms with Gasteiger partial charge in [0.25, 0.3) is 0 Å². The zero-order chi connectivity index (χ0) is 10.7. The minimum Gasteiger partial charge on any atom is -0.313 e. The zero-order valence-electron chi connectivity index (χ0n) is 8.71. The van der Waals surface area contributed by atoms with E-state index in [0.29, 0.717) is 18.9 Å². The molecule has 2 aliphatic rings. The van der Waals surface area contributed by atoms with Gasteiger partial charge in [-0.25, -0.2) is 0 Å². The van der Waals surface area contributed by atoms with Crippen LogP contribution in [0.25, 0.3) is 0 Å². The van der Waals surface area contributed by atoms with Crippen LogP contribution in [0.2, 0.25) is 0 Å². The molecule has 2 amide bonds. The summed E-state index contributed by atoms with van der Waals surface area (Å²) in [4.78, 5) is 22.3. The molecule has 0 bridgehead atoms. The lowest BCUT2D eigenvalue weighted by Gasteiger charge is -2.23. The smallest absolute Gasteiger partial charge is 0.243 e. The zero-order valence-corrected chi connectivity index (χ0v) is 8.71. The Morgan fingerprint density at radius 1 is 1.33 bits per heavy atom. The summed E-state index contributed by atoms with van der Waals surface area (Å²) < 4.78 is 0. The fraction of sp³-hybridized carbons (Fsp3) is 0.800. The van der Waals surface area contributed by atoms with E-state index in [1.807, 2.05) is 0 Å². The number of rotatable bonds is 3. The normalized spacial score (nSPS) is 31.7. The van der Waals surface area contributed by atoms with Gasteiger partial charge in [0.2, 0.25) is 11.8 Å². The molecule has 2 heterocycles. The third kappa shape index (κ3) is 2.76. The van der Waals surface area contributed by atoms with Crippen molar-refractivity contribution in [2.75, 3.05) is 13.1 Å². The lowest BCUT2D eigenvalue weighted by atomic mass is 10.1. The van der Waals surface area contributed by atoms with Crippen LogP contribution < -0.4 is 16.0 Å².